The number of amides is 3. The molecule has 0 aromatic heterocycles. The van der Waals surface area contributed by atoms with Crippen molar-refractivity contribution in [2.45, 2.75) is 43.7 Å². The summed E-state index contributed by atoms with van der Waals surface area (Å²) in [4.78, 5) is 45.3. The number of likely N-dealkylation sites (tertiary alicyclic amines) is 1. The van der Waals surface area contributed by atoms with Crippen LogP contribution in [-0.2, 0) is 19.8 Å². The number of carbonyl (C=O) groups excluding carboxylic acids is 3. The fourth-order valence-electron chi connectivity index (χ4n) is 6.92. The maximum absolute atomic E-state index is 13.7. The fourth-order valence-corrected chi connectivity index (χ4v) is 6.92. The zero-order chi connectivity index (χ0) is 35.5. The Morgan fingerprint density at radius 1 is 0.940 bits per heavy atom. The van der Waals surface area contributed by atoms with Crippen molar-refractivity contribution in [3.05, 3.63) is 95.6 Å². The number of morpholine rings is 1. The van der Waals surface area contributed by atoms with Crippen molar-refractivity contribution in [1.29, 1.82) is 0 Å². The number of likely N-dealkylation sites (N-methyl/N-ethyl adjacent to an activating group) is 1. The molecule has 1 N–H and O–H groups in total. The van der Waals surface area contributed by atoms with Gasteiger partial charge in [0.15, 0.2) is 17.6 Å². The molecular weight excluding hydrogens is 636 g/mol. The third kappa shape index (κ3) is 8.94. The number of methoxy groups -OCH3 is 2. The minimum absolute atomic E-state index is 0.0220. The Balaban J connectivity index is 1.28. The van der Waals surface area contributed by atoms with Gasteiger partial charge in [0.2, 0.25) is 0 Å². The van der Waals surface area contributed by atoms with Crippen molar-refractivity contribution in [2.24, 2.45) is 0 Å². The molecule has 0 spiro atoms. The van der Waals surface area contributed by atoms with Gasteiger partial charge in [-0.25, -0.2) is 9.59 Å². The first kappa shape index (κ1) is 36.7. The Kier molecular flexibility index (Phi) is 12.7. The summed E-state index contributed by atoms with van der Waals surface area (Å²) in [5.41, 5.74) is 2.24. The van der Waals surface area contributed by atoms with Gasteiger partial charge in [-0.05, 0) is 68.1 Å². The Morgan fingerprint density at radius 2 is 1.62 bits per heavy atom. The van der Waals surface area contributed by atoms with E-state index in [1.54, 1.807) is 30.9 Å². The molecule has 0 saturated carbocycles. The summed E-state index contributed by atoms with van der Waals surface area (Å²) in [6, 6.07) is 25.2. The van der Waals surface area contributed by atoms with Crippen molar-refractivity contribution in [1.82, 2.24) is 20.0 Å². The van der Waals surface area contributed by atoms with E-state index in [0.717, 1.165) is 50.0 Å². The molecule has 2 fully saturated rings. The van der Waals surface area contributed by atoms with Gasteiger partial charge in [-0.15, -0.1) is 0 Å². The van der Waals surface area contributed by atoms with E-state index in [4.69, 9.17) is 18.9 Å². The number of ether oxygens (including phenoxy) is 4. The predicted molar refractivity (Wildman–Crippen MR) is 191 cm³/mol. The highest BCUT2D eigenvalue weighted by molar-refractivity contribution is 5.94. The first-order valence-electron chi connectivity index (χ1n) is 17.4. The van der Waals surface area contributed by atoms with Gasteiger partial charge in [0.25, 0.3) is 5.91 Å². The number of nitrogens with zero attached hydrogens (tertiary/aromatic N) is 3. The van der Waals surface area contributed by atoms with Crippen LogP contribution in [0.3, 0.4) is 0 Å². The average Bonchev–Trinajstić information content (AvgIpc) is 3.17. The van der Waals surface area contributed by atoms with Crippen molar-refractivity contribution < 1.29 is 33.3 Å². The van der Waals surface area contributed by atoms with Crippen LogP contribution in [0, 0.1) is 0 Å². The molecule has 11 heteroatoms. The quantitative estimate of drug-likeness (QED) is 0.253. The van der Waals surface area contributed by atoms with Crippen LogP contribution in [-0.4, -0.2) is 112 Å². The summed E-state index contributed by atoms with van der Waals surface area (Å²) in [6.45, 7) is 5.75. The number of carbonyl (C=O) groups is 3. The molecular formula is C39H50N4O7. The molecule has 2 saturated heterocycles. The SMILES string of the molecule is CCOC(=O)C1CN(C(=O)NC2(c3ccccc3)CCN(CCC(CN(C)C(=O)c3ccccc3)c3ccc(OC)c(OC)c3)CC2)CCO1. The molecule has 2 aliphatic rings. The highest BCUT2D eigenvalue weighted by atomic mass is 16.6. The zero-order valence-electron chi connectivity index (χ0n) is 29.6. The third-order valence-corrected chi connectivity index (χ3v) is 9.82. The Hall–Kier alpha value is -4.61. The van der Waals surface area contributed by atoms with Crippen LogP contribution in [0.5, 0.6) is 11.5 Å². The van der Waals surface area contributed by atoms with Crippen molar-refractivity contribution in [3.63, 3.8) is 0 Å². The Labute approximate surface area is 295 Å². The lowest BCUT2D eigenvalue weighted by molar-refractivity contribution is -0.160. The van der Waals surface area contributed by atoms with E-state index >= 15 is 0 Å². The normalized spacial score (nSPS) is 18.1. The standard InChI is InChI=1S/C39H50N4O7/c1-5-49-37(45)35-28-43(24-25-50-35)38(46)40-39(32-14-10-7-11-15-32)19-22-42(23-20-39)21-18-31(30-16-17-33(47-3)34(26-30)48-4)27-41(2)36(44)29-12-8-6-9-13-29/h6-17,26,31,35H,5,18-25,27-28H2,1-4H3,(H,40,46). The molecule has 2 unspecified atom stereocenters. The van der Waals surface area contributed by atoms with Gasteiger partial charge in [-0.2, -0.15) is 0 Å². The van der Waals surface area contributed by atoms with Gasteiger partial charge in [-0.3, -0.25) is 4.79 Å². The lowest BCUT2D eigenvalue weighted by Crippen LogP contribution is -2.59. The molecule has 5 rings (SSSR count). The fraction of sp³-hybridized carbons (Fsp3) is 0.462. The predicted octanol–water partition coefficient (Wildman–Crippen LogP) is 4.91. The van der Waals surface area contributed by atoms with Gasteiger partial charge >= 0.3 is 12.0 Å². The second-order valence-corrected chi connectivity index (χ2v) is 12.9. The highest BCUT2D eigenvalue weighted by Gasteiger charge is 2.40. The number of nitrogens with one attached hydrogen (secondary N) is 1. The molecule has 3 aromatic carbocycles. The van der Waals surface area contributed by atoms with Gasteiger partial charge in [0, 0.05) is 44.7 Å². The number of urea groups is 1. The number of hydrogen-bond donors (Lipinski definition) is 1. The molecule has 268 valence electrons. The van der Waals surface area contributed by atoms with Crippen LogP contribution in [0.25, 0.3) is 0 Å². The van der Waals surface area contributed by atoms with Gasteiger partial charge in [-0.1, -0.05) is 54.6 Å². The molecule has 0 bridgehead atoms. The number of esters is 1. The topological polar surface area (TPSA) is 110 Å². The number of rotatable bonds is 13. The van der Waals surface area contributed by atoms with Gasteiger partial charge in [0.05, 0.1) is 39.5 Å². The Morgan fingerprint density at radius 3 is 2.28 bits per heavy atom. The minimum atomic E-state index is -0.787. The summed E-state index contributed by atoms with van der Waals surface area (Å²) in [5, 5.41) is 3.38. The molecule has 3 amide bonds. The minimum Gasteiger partial charge on any atom is -0.493 e. The second kappa shape index (κ2) is 17.4. The lowest BCUT2D eigenvalue weighted by atomic mass is 9.80. The van der Waals surface area contributed by atoms with Crippen molar-refractivity contribution >= 4 is 17.9 Å². The van der Waals surface area contributed by atoms with E-state index in [2.05, 4.69) is 28.4 Å². The summed E-state index contributed by atoms with van der Waals surface area (Å²) in [6.07, 6.45) is 1.48. The van der Waals surface area contributed by atoms with Crippen molar-refractivity contribution in [2.75, 3.05) is 73.7 Å². The van der Waals surface area contributed by atoms with E-state index in [0.29, 0.717) is 30.2 Å². The first-order valence-corrected chi connectivity index (χ1v) is 17.4. The van der Waals surface area contributed by atoms with Crippen LogP contribution >= 0.6 is 0 Å². The van der Waals surface area contributed by atoms with Crippen molar-refractivity contribution in [3.8, 4) is 11.5 Å². The summed E-state index contributed by atoms with van der Waals surface area (Å²) in [7, 11) is 5.10. The molecule has 11 nitrogen and oxygen atoms in total. The highest BCUT2D eigenvalue weighted by Crippen LogP contribution is 2.35. The van der Waals surface area contributed by atoms with Gasteiger partial charge < -0.3 is 39.0 Å². The summed E-state index contributed by atoms with van der Waals surface area (Å²) in [5.74, 6) is 0.890. The largest absolute Gasteiger partial charge is 0.493 e. The number of piperidine rings is 1. The first-order chi connectivity index (χ1) is 24.3. The van der Waals surface area contributed by atoms with Crippen LogP contribution in [0.1, 0.15) is 53.6 Å². The molecule has 2 heterocycles. The van der Waals surface area contributed by atoms with E-state index in [1.165, 1.54) is 0 Å². The Bertz CT molecular complexity index is 1560. The maximum atomic E-state index is 13.7. The molecule has 2 atom stereocenters. The molecule has 2 aliphatic heterocycles. The van der Waals surface area contributed by atoms with E-state index in [9.17, 15) is 14.4 Å². The van der Waals surface area contributed by atoms with Crippen LogP contribution < -0.4 is 14.8 Å². The number of hydrogen-bond acceptors (Lipinski definition) is 8. The second-order valence-electron chi connectivity index (χ2n) is 12.9. The van der Waals surface area contributed by atoms with E-state index in [1.807, 2.05) is 67.7 Å². The molecule has 0 aliphatic carbocycles. The van der Waals surface area contributed by atoms with Crippen LogP contribution in [0.2, 0.25) is 0 Å². The zero-order valence-corrected chi connectivity index (χ0v) is 29.6. The smallest absolute Gasteiger partial charge is 0.337 e. The van der Waals surface area contributed by atoms with Gasteiger partial charge in [0.1, 0.15) is 0 Å². The molecule has 0 radical (unpaired) electrons. The van der Waals surface area contributed by atoms with E-state index in [-0.39, 0.29) is 37.6 Å². The number of benzene rings is 3. The van der Waals surface area contributed by atoms with E-state index < -0.39 is 17.6 Å². The summed E-state index contributed by atoms with van der Waals surface area (Å²) < 4.78 is 21.9. The average molecular weight is 687 g/mol. The van der Waals surface area contributed by atoms with Crippen LogP contribution in [0.4, 0.5) is 4.79 Å². The third-order valence-electron chi connectivity index (χ3n) is 9.82. The molecule has 3 aromatic rings. The van der Waals surface area contributed by atoms with Crippen LogP contribution in [0.15, 0.2) is 78.9 Å². The molecule has 50 heavy (non-hydrogen) atoms. The summed E-state index contributed by atoms with van der Waals surface area (Å²) >= 11 is 0. The monoisotopic (exact) mass is 686 g/mol. The lowest BCUT2D eigenvalue weighted by Gasteiger charge is -2.44. The maximum Gasteiger partial charge on any atom is 0.337 e.